The van der Waals surface area contributed by atoms with Crippen molar-refractivity contribution in [3.63, 3.8) is 0 Å². The molecule has 1 spiro atoms. The van der Waals surface area contributed by atoms with E-state index in [1.54, 1.807) is 4.90 Å². The minimum Gasteiger partial charge on any atom is -0.396 e. The van der Waals surface area contributed by atoms with Gasteiger partial charge in [0.2, 0.25) is 17.7 Å². The second kappa shape index (κ2) is 11.2. The summed E-state index contributed by atoms with van der Waals surface area (Å²) in [7, 11) is 0. The Kier molecular flexibility index (Phi) is 7.53. The number of ether oxygens (including phenoxy) is 1. The van der Waals surface area contributed by atoms with Crippen LogP contribution in [-0.2, 0) is 19.1 Å². The van der Waals surface area contributed by atoms with Gasteiger partial charge in [-0.15, -0.1) is 0 Å². The van der Waals surface area contributed by atoms with Gasteiger partial charge in [-0.1, -0.05) is 68.3 Å². The summed E-state index contributed by atoms with van der Waals surface area (Å²) in [5, 5.41) is 17.4. The highest BCUT2D eigenvalue weighted by atomic mass is 16.5. The van der Waals surface area contributed by atoms with Crippen LogP contribution in [0.2, 0.25) is 0 Å². The number of anilines is 2. The van der Waals surface area contributed by atoms with Gasteiger partial charge in [-0.25, -0.2) is 0 Å². The molecule has 3 aromatic rings. The van der Waals surface area contributed by atoms with Crippen molar-refractivity contribution in [1.82, 2.24) is 4.90 Å². The van der Waals surface area contributed by atoms with E-state index in [4.69, 9.17) is 4.74 Å². The summed E-state index contributed by atoms with van der Waals surface area (Å²) in [5.74, 6) is -2.27. The summed E-state index contributed by atoms with van der Waals surface area (Å²) in [6.45, 7) is 4.49. The first-order valence-corrected chi connectivity index (χ1v) is 15.1. The lowest BCUT2D eigenvalue weighted by Crippen LogP contribution is -2.54. The van der Waals surface area contributed by atoms with Gasteiger partial charge in [-0.05, 0) is 67.1 Å². The molecule has 3 amide bonds. The Labute approximate surface area is 246 Å². The number of fused-ring (bicyclic) bond motifs is 2. The van der Waals surface area contributed by atoms with E-state index in [0.717, 1.165) is 23.6 Å². The summed E-state index contributed by atoms with van der Waals surface area (Å²) in [5.41, 5.74) is -0.671. The highest BCUT2D eigenvalue weighted by Crippen LogP contribution is 2.65. The molecule has 8 heteroatoms. The molecule has 0 aliphatic carbocycles. The van der Waals surface area contributed by atoms with Gasteiger partial charge in [0.15, 0.2) is 0 Å². The molecule has 0 saturated carbocycles. The molecule has 8 nitrogen and oxygen atoms in total. The number of hydrogen-bond acceptors (Lipinski definition) is 5. The zero-order valence-corrected chi connectivity index (χ0v) is 24.2. The van der Waals surface area contributed by atoms with Crippen LogP contribution >= 0.6 is 0 Å². The number of aliphatic hydroxyl groups excluding tert-OH is 1. The smallest absolute Gasteiger partial charge is 0.250 e. The summed E-state index contributed by atoms with van der Waals surface area (Å²) in [6.07, 6.45) is 3.59. The lowest BCUT2D eigenvalue weighted by atomic mass is 9.62. The quantitative estimate of drug-likeness (QED) is 0.299. The number of unbranched alkanes of at least 4 members (excludes halogenated alkanes) is 3. The van der Waals surface area contributed by atoms with Gasteiger partial charge in [0.05, 0.1) is 17.4 Å². The van der Waals surface area contributed by atoms with E-state index >= 15 is 0 Å². The van der Waals surface area contributed by atoms with E-state index in [9.17, 15) is 19.5 Å². The van der Waals surface area contributed by atoms with E-state index in [0.29, 0.717) is 37.2 Å². The largest absolute Gasteiger partial charge is 0.396 e. The molecule has 3 N–H and O–H groups in total. The molecule has 3 aromatic carbocycles. The van der Waals surface area contributed by atoms with Crippen LogP contribution in [0.4, 0.5) is 11.4 Å². The molecular weight excluding hydrogens is 530 g/mol. The molecule has 3 aliphatic rings. The monoisotopic (exact) mass is 569 g/mol. The third-order valence-electron chi connectivity index (χ3n) is 9.71. The van der Waals surface area contributed by atoms with Gasteiger partial charge in [0.1, 0.15) is 11.6 Å². The number of carbonyl (C=O) groups excluding carboxylic acids is 3. The van der Waals surface area contributed by atoms with Gasteiger partial charge >= 0.3 is 0 Å². The minimum absolute atomic E-state index is 0.0338. The molecule has 6 atom stereocenters. The zero-order chi connectivity index (χ0) is 29.5. The molecule has 220 valence electrons. The molecule has 42 heavy (non-hydrogen) atoms. The third kappa shape index (κ3) is 4.67. The van der Waals surface area contributed by atoms with Gasteiger partial charge in [-0.2, -0.15) is 0 Å². The van der Waals surface area contributed by atoms with Crippen LogP contribution in [0, 0.1) is 17.8 Å². The molecule has 0 radical (unpaired) electrons. The molecule has 3 heterocycles. The fourth-order valence-electron chi connectivity index (χ4n) is 7.65. The second-order valence-electron chi connectivity index (χ2n) is 12.3. The van der Waals surface area contributed by atoms with E-state index in [1.165, 1.54) is 0 Å². The van der Waals surface area contributed by atoms with Crippen LogP contribution in [0.15, 0.2) is 72.8 Å². The van der Waals surface area contributed by atoms with Crippen molar-refractivity contribution in [2.24, 2.45) is 17.8 Å². The number of likely N-dealkylation sites (tertiary alicyclic amines) is 1. The summed E-state index contributed by atoms with van der Waals surface area (Å²) in [6, 6.07) is 22.1. The Morgan fingerprint density at radius 3 is 2.36 bits per heavy atom. The Balaban J connectivity index is 1.33. The van der Waals surface area contributed by atoms with E-state index in [1.807, 2.05) is 86.6 Å². The van der Waals surface area contributed by atoms with Crippen molar-refractivity contribution >= 4 is 39.9 Å². The predicted molar refractivity (Wildman–Crippen MR) is 162 cm³/mol. The van der Waals surface area contributed by atoms with Crippen LogP contribution in [0.1, 0.15) is 46.0 Å². The van der Waals surface area contributed by atoms with Crippen molar-refractivity contribution in [2.75, 3.05) is 23.8 Å². The topological polar surface area (TPSA) is 108 Å². The summed E-state index contributed by atoms with van der Waals surface area (Å²) < 4.78 is 6.83. The number of benzene rings is 3. The van der Waals surface area contributed by atoms with Gasteiger partial charge in [0, 0.05) is 24.5 Å². The maximum absolute atomic E-state index is 14.3. The van der Waals surface area contributed by atoms with Crippen LogP contribution in [0.5, 0.6) is 0 Å². The zero-order valence-electron chi connectivity index (χ0n) is 24.2. The normalized spacial score (nSPS) is 29.6. The van der Waals surface area contributed by atoms with Crippen molar-refractivity contribution < 1.29 is 24.2 Å². The maximum atomic E-state index is 14.3. The number of nitrogens with one attached hydrogen (secondary N) is 2. The lowest BCUT2D eigenvalue weighted by molar-refractivity contribution is -0.144. The maximum Gasteiger partial charge on any atom is 0.250 e. The lowest BCUT2D eigenvalue weighted by Gasteiger charge is -2.36. The number of aliphatic hydroxyl groups is 1. The van der Waals surface area contributed by atoms with Crippen molar-refractivity contribution in [3.05, 3.63) is 72.8 Å². The first-order chi connectivity index (χ1) is 20.3. The molecule has 3 fully saturated rings. The van der Waals surface area contributed by atoms with E-state index in [-0.39, 0.29) is 30.2 Å². The van der Waals surface area contributed by atoms with E-state index in [2.05, 4.69) is 10.6 Å². The van der Waals surface area contributed by atoms with Gasteiger partial charge < -0.3 is 25.4 Å². The van der Waals surface area contributed by atoms with Crippen molar-refractivity contribution in [2.45, 2.75) is 63.2 Å². The van der Waals surface area contributed by atoms with Crippen molar-refractivity contribution in [3.8, 4) is 0 Å². The number of nitrogens with zero attached hydrogens (tertiary/aromatic N) is 1. The summed E-state index contributed by atoms with van der Waals surface area (Å²) >= 11 is 0. The second-order valence-corrected chi connectivity index (χ2v) is 12.3. The van der Waals surface area contributed by atoms with Crippen LogP contribution in [0.25, 0.3) is 10.8 Å². The molecule has 3 aliphatic heterocycles. The average molecular weight is 570 g/mol. The first kappa shape index (κ1) is 28.4. The number of hydrogen-bond donors (Lipinski definition) is 3. The Hall–Kier alpha value is -3.75. The van der Waals surface area contributed by atoms with Crippen LogP contribution in [0.3, 0.4) is 0 Å². The Morgan fingerprint density at radius 1 is 0.905 bits per heavy atom. The van der Waals surface area contributed by atoms with Crippen LogP contribution in [-0.4, -0.2) is 58.1 Å². The number of rotatable bonds is 10. The first-order valence-electron chi connectivity index (χ1n) is 15.1. The average Bonchev–Trinajstić information content (AvgIpc) is 3.49. The molecule has 6 rings (SSSR count). The van der Waals surface area contributed by atoms with E-state index < -0.39 is 29.1 Å². The fourth-order valence-corrected chi connectivity index (χ4v) is 7.65. The number of para-hydroxylation sites is 1. The SMILES string of the molecule is CC1CC23O[C@@]1(C)[C@H](C(=O)Nc1ccccc1)[C@H]2C(=O)N(CCCCCCO)C3C(=O)Nc1ccc2ccccc2c1. The fraction of sp³-hybridized carbons (Fsp3) is 0.441. The van der Waals surface area contributed by atoms with Gasteiger partial charge in [-0.3, -0.25) is 14.4 Å². The molecule has 2 bridgehead atoms. The Morgan fingerprint density at radius 2 is 1.60 bits per heavy atom. The summed E-state index contributed by atoms with van der Waals surface area (Å²) in [4.78, 5) is 44.1. The molecule has 3 unspecified atom stereocenters. The molecular formula is C34H39N3O5. The number of amides is 3. The number of carbonyl (C=O) groups is 3. The molecule has 0 aromatic heterocycles. The molecule has 3 saturated heterocycles. The van der Waals surface area contributed by atoms with Gasteiger partial charge in [0.25, 0.3) is 0 Å². The van der Waals surface area contributed by atoms with Crippen molar-refractivity contribution in [1.29, 1.82) is 0 Å². The Bertz CT molecular complexity index is 1490. The minimum atomic E-state index is -1.10. The highest BCUT2D eigenvalue weighted by Gasteiger charge is 2.79. The standard InChI is InChI=1S/C34H39N3O5/c1-22-21-34-28(27(33(22,2)42-34)30(39)35-25-14-6-5-7-15-25)32(41)37(18-10-3-4-11-19-38)29(34)31(40)36-26-17-16-23-12-8-9-13-24(23)20-26/h5-9,12-17,20,22,27-29,38H,3-4,10-11,18-19,21H2,1-2H3,(H,35,39)(H,36,40)/t22?,27-,28-,29?,33+,34?/m0/s1. The third-order valence-corrected chi connectivity index (χ3v) is 9.71. The van der Waals surface area contributed by atoms with Crippen LogP contribution < -0.4 is 10.6 Å². The predicted octanol–water partition coefficient (Wildman–Crippen LogP) is 4.98. The highest BCUT2D eigenvalue weighted by molar-refractivity contribution is 6.06.